The van der Waals surface area contributed by atoms with Crippen LogP contribution in [0, 0.1) is 15.9 Å². The number of urea groups is 1. The van der Waals surface area contributed by atoms with Gasteiger partial charge in [0.25, 0.3) is 11.6 Å². The second-order valence-corrected chi connectivity index (χ2v) is 7.78. The van der Waals surface area contributed by atoms with Crippen molar-refractivity contribution in [3.8, 4) is 0 Å². The van der Waals surface area contributed by atoms with Gasteiger partial charge in [-0.2, -0.15) is 0 Å². The number of carboxylic acid groups (broad SMARTS) is 1. The minimum absolute atomic E-state index is 0.0398. The van der Waals surface area contributed by atoms with E-state index in [1.165, 1.54) is 66.2 Å². The van der Waals surface area contributed by atoms with Gasteiger partial charge in [-0.05, 0) is 31.0 Å². The zero-order chi connectivity index (χ0) is 25.0. The molecule has 2 aromatic carbocycles. The average Bonchev–Trinajstić information content (AvgIpc) is 2.79. The molecule has 1 aliphatic heterocycles. The highest BCUT2D eigenvalue weighted by molar-refractivity contribution is 5.94. The number of aliphatic carboxylic acids is 1. The topological polar surface area (TPSA) is 133 Å². The summed E-state index contributed by atoms with van der Waals surface area (Å²) in [6, 6.07) is 9.40. The molecule has 1 heterocycles. The summed E-state index contributed by atoms with van der Waals surface area (Å²) in [6.45, 7) is 1.64. The third-order valence-electron chi connectivity index (χ3n) is 5.52. The number of carbonyl (C=O) groups excluding carboxylic acids is 2. The number of non-ortho nitro benzene ring substituents is 1. The Balaban J connectivity index is 1.83. The van der Waals surface area contributed by atoms with Crippen molar-refractivity contribution in [2.45, 2.75) is 19.4 Å². The number of nitrogens with zero attached hydrogens (tertiary/aromatic N) is 3. The number of carbonyl (C=O) groups is 3. The van der Waals surface area contributed by atoms with E-state index >= 15 is 0 Å². The largest absolute Gasteiger partial charge is 0.478 e. The van der Waals surface area contributed by atoms with Gasteiger partial charge >= 0.3 is 12.0 Å². The molecular weight excluding hydrogens is 447 g/mol. The Morgan fingerprint density at radius 1 is 1.24 bits per heavy atom. The van der Waals surface area contributed by atoms with Crippen LogP contribution >= 0.6 is 0 Å². The summed E-state index contributed by atoms with van der Waals surface area (Å²) < 4.78 is 13.9. The molecule has 0 spiro atoms. The highest BCUT2D eigenvalue weighted by Gasteiger charge is 2.38. The summed E-state index contributed by atoms with van der Waals surface area (Å²) in [5, 5.41) is 23.6. The van der Waals surface area contributed by atoms with E-state index in [2.05, 4.69) is 5.32 Å². The van der Waals surface area contributed by atoms with Crippen molar-refractivity contribution in [1.29, 1.82) is 0 Å². The first-order valence-corrected chi connectivity index (χ1v) is 10.4. The summed E-state index contributed by atoms with van der Waals surface area (Å²) in [5.41, 5.74) is -0.0208. The van der Waals surface area contributed by atoms with Gasteiger partial charge in [0.1, 0.15) is 5.82 Å². The smallest absolute Gasteiger partial charge is 0.335 e. The maximum atomic E-state index is 13.9. The van der Waals surface area contributed by atoms with E-state index in [-0.39, 0.29) is 47.6 Å². The highest BCUT2D eigenvalue weighted by Crippen LogP contribution is 2.35. The molecule has 0 fully saturated rings. The predicted molar refractivity (Wildman–Crippen MR) is 119 cm³/mol. The lowest BCUT2D eigenvalue weighted by Gasteiger charge is -2.37. The second kappa shape index (κ2) is 10.1. The number of halogens is 1. The van der Waals surface area contributed by atoms with Crippen LogP contribution in [-0.2, 0) is 4.79 Å². The van der Waals surface area contributed by atoms with E-state index in [4.69, 9.17) is 0 Å². The number of nitrogens with one attached hydrogen (secondary N) is 1. The Morgan fingerprint density at radius 3 is 2.59 bits per heavy atom. The molecule has 0 aliphatic carbocycles. The van der Waals surface area contributed by atoms with E-state index in [9.17, 15) is 34.0 Å². The van der Waals surface area contributed by atoms with E-state index < -0.39 is 34.7 Å². The van der Waals surface area contributed by atoms with Crippen molar-refractivity contribution >= 4 is 23.6 Å². The summed E-state index contributed by atoms with van der Waals surface area (Å²) in [5.74, 6) is -2.45. The molecule has 34 heavy (non-hydrogen) atoms. The fourth-order valence-electron chi connectivity index (χ4n) is 3.86. The number of nitro benzene ring substituents is 1. The molecule has 2 N–H and O–H groups in total. The van der Waals surface area contributed by atoms with Crippen LogP contribution in [0.5, 0.6) is 0 Å². The molecule has 3 amide bonds. The molecular formula is C23H23FN4O6. The van der Waals surface area contributed by atoms with Crippen molar-refractivity contribution in [1.82, 2.24) is 15.1 Å². The lowest BCUT2D eigenvalue weighted by molar-refractivity contribution is -0.384. The van der Waals surface area contributed by atoms with Gasteiger partial charge in [0.15, 0.2) is 0 Å². The van der Waals surface area contributed by atoms with Gasteiger partial charge in [-0.25, -0.2) is 14.0 Å². The normalized spacial score (nSPS) is 15.7. The number of hydrogen-bond acceptors (Lipinski definition) is 5. The molecule has 0 saturated carbocycles. The monoisotopic (exact) mass is 470 g/mol. The van der Waals surface area contributed by atoms with Crippen molar-refractivity contribution in [2.75, 3.05) is 20.1 Å². The van der Waals surface area contributed by atoms with Crippen LogP contribution in [0.1, 0.15) is 35.3 Å². The first kappa shape index (κ1) is 24.4. The Labute approximate surface area is 194 Å². The van der Waals surface area contributed by atoms with E-state index in [0.717, 1.165) is 0 Å². The molecule has 11 heteroatoms. The minimum atomic E-state index is -1.27. The van der Waals surface area contributed by atoms with Crippen molar-refractivity contribution in [3.63, 3.8) is 0 Å². The maximum absolute atomic E-state index is 13.9. The lowest BCUT2D eigenvalue weighted by Crippen LogP contribution is -2.49. The molecule has 1 atom stereocenters. The lowest BCUT2D eigenvalue weighted by atomic mass is 9.93. The zero-order valence-corrected chi connectivity index (χ0v) is 18.5. The highest BCUT2D eigenvalue weighted by atomic mass is 19.1. The van der Waals surface area contributed by atoms with Crippen LogP contribution in [0.15, 0.2) is 59.8 Å². The van der Waals surface area contributed by atoms with Gasteiger partial charge in [0.05, 0.1) is 22.1 Å². The molecule has 178 valence electrons. The standard InChI is InChI=1S/C23H23FN4O6/c1-14-19(22(30)31)20(15-7-5-8-16(13-15)28(33)34)27(23(32)25-14)12-6-11-26(2)21(29)17-9-3-4-10-18(17)24/h3-5,7-10,13,20H,6,11-12H2,1-2H3,(H,25,32)(H,30,31). The number of amides is 3. The van der Waals surface area contributed by atoms with Crippen LogP contribution in [0.25, 0.3) is 0 Å². The zero-order valence-electron chi connectivity index (χ0n) is 18.5. The van der Waals surface area contributed by atoms with E-state index in [0.29, 0.717) is 0 Å². The molecule has 2 aromatic rings. The number of carboxylic acids is 1. The van der Waals surface area contributed by atoms with Crippen LogP contribution in [0.2, 0.25) is 0 Å². The van der Waals surface area contributed by atoms with Crippen molar-refractivity contribution in [2.24, 2.45) is 0 Å². The fourth-order valence-corrected chi connectivity index (χ4v) is 3.86. The number of hydrogen-bond donors (Lipinski definition) is 2. The summed E-state index contributed by atoms with van der Waals surface area (Å²) >= 11 is 0. The quantitative estimate of drug-likeness (QED) is 0.449. The maximum Gasteiger partial charge on any atom is 0.335 e. The van der Waals surface area contributed by atoms with Crippen LogP contribution in [0.3, 0.4) is 0 Å². The van der Waals surface area contributed by atoms with E-state index in [1.807, 2.05) is 0 Å². The first-order valence-electron chi connectivity index (χ1n) is 10.4. The number of rotatable bonds is 8. The molecule has 1 aliphatic rings. The van der Waals surface area contributed by atoms with Crippen LogP contribution in [-0.4, -0.2) is 57.9 Å². The summed E-state index contributed by atoms with van der Waals surface area (Å²) in [6.07, 6.45) is 0.251. The Morgan fingerprint density at radius 2 is 1.94 bits per heavy atom. The Bertz CT molecular complexity index is 1180. The molecule has 0 radical (unpaired) electrons. The molecule has 3 rings (SSSR count). The number of benzene rings is 2. The number of nitro groups is 1. The first-order chi connectivity index (χ1) is 16.1. The minimum Gasteiger partial charge on any atom is -0.478 e. The average molecular weight is 470 g/mol. The summed E-state index contributed by atoms with van der Waals surface area (Å²) in [7, 11) is 1.50. The van der Waals surface area contributed by atoms with Gasteiger partial charge < -0.3 is 20.2 Å². The predicted octanol–water partition coefficient (Wildman–Crippen LogP) is 3.32. The molecule has 0 aromatic heterocycles. The van der Waals surface area contributed by atoms with Gasteiger partial charge in [0.2, 0.25) is 0 Å². The molecule has 10 nitrogen and oxygen atoms in total. The Hall–Kier alpha value is -4.28. The van der Waals surface area contributed by atoms with Gasteiger partial charge in [-0.15, -0.1) is 0 Å². The van der Waals surface area contributed by atoms with Gasteiger partial charge in [-0.3, -0.25) is 14.9 Å². The third kappa shape index (κ3) is 5.03. The number of allylic oxidation sites excluding steroid dienone is 1. The van der Waals surface area contributed by atoms with Gasteiger partial charge in [-0.1, -0.05) is 24.3 Å². The van der Waals surface area contributed by atoms with Crippen molar-refractivity contribution in [3.05, 3.63) is 86.9 Å². The van der Waals surface area contributed by atoms with Crippen LogP contribution < -0.4 is 5.32 Å². The SMILES string of the molecule is CC1=C(C(=O)O)C(c2cccc([N+](=O)[O-])c2)N(CCCN(C)C(=O)c2ccccc2F)C(=O)N1. The third-order valence-corrected chi connectivity index (χ3v) is 5.52. The Kier molecular flexibility index (Phi) is 7.24. The fraction of sp³-hybridized carbons (Fsp3) is 0.261. The second-order valence-electron chi connectivity index (χ2n) is 7.78. The van der Waals surface area contributed by atoms with Crippen molar-refractivity contribution < 1.29 is 28.8 Å². The molecule has 0 bridgehead atoms. The van der Waals surface area contributed by atoms with Gasteiger partial charge in [0, 0.05) is 38.0 Å². The molecule has 1 unspecified atom stereocenters. The molecule has 0 saturated heterocycles. The summed E-state index contributed by atoms with van der Waals surface area (Å²) in [4.78, 5) is 50.5. The van der Waals surface area contributed by atoms with E-state index in [1.54, 1.807) is 6.07 Å². The van der Waals surface area contributed by atoms with Crippen LogP contribution in [0.4, 0.5) is 14.9 Å².